The number of ether oxygens (including phenoxy) is 1. The lowest BCUT2D eigenvalue weighted by Gasteiger charge is -2.10. The maximum Gasteiger partial charge on any atom is 0.147 e. The highest BCUT2D eigenvalue weighted by Crippen LogP contribution is 2.27. The van der Waals surface area contributed by atoms with E-state index < -0.39 is 0 Å². The van der Waals surface area contributed by atoms with Gasteiger partial charge in [-0.25, -0.2) is 0 Å². The Labute approximate surface area is 103 Å². The number of nitrogens with one attached hydrogen (secondary N) is 1. The lowest BCUT2D eigenvalue weighted by atomic mass is 10.1. The summed E-state index contributed by atoms with van der Waals surface area (Å²) in [6.07, 6.45) is 0.256. The summed E-state index contributed by atoms with van der Waals surface area (Å²) < 4.78 is 7.26. The Kier molecular flexibility index (Phi) is 4.81. The summed E-state index contributed by atoms with van der Waals surface area (Å²) in [5.74, 6) is 1.21. The van der Waals surface area contributed by atoms with Crippen molar-refractivity contribution in [2.75, 3.05) is 24.2 Å². The maximum absolute atomic E-state index is 6.06. The molecular formula is C12H24N4O. The number of nitrogens with zero attached hydrogens (tertiary/aromatic N) is 2. The van der Waals surface area contributed by atoms with Gasteiger partial charge in [-0.3, -0.25) is 4.68 Å². The van der Waals surface area contributed by atoms with Crippen LogP contribution in [-0.2, 0) is 11.8 Å². The Hall–Kier alpha value is -1.23. The molecule has 5 heteroatoms. The minimum atomic E-state index is 0.256. The van der Waals surface area contributed by atoms with Crippen LogP contribution in [0.1, 0.15) is 39.3 Å². The van der Waals surface area contributed by atoms with Crippen molar-refractivity contribution in [1.82, 2.24) is 9.78 Å². The van der Waals surface area contributed by atoms with Crippen LogP contribution < -0.4 is 11.1 Å². The quantitative estimate of drug-likeness (QED) is 0.746. The third kappa shape index (κ3) is 3.63. The average Bonchev–Trinajstić information content (AvgIpc) is 2.50. The highest BCUT2D eigenvalue weighted by atomic mass is 16.5. The molecule has 1 aromatic heterocycles. The Morgan fingerprint density at radius 2 is 2.00 bits per heavy atom. The van der Waals surface area contributed by atoms with Gasteiger partial charge in [0.05, 0.1) is 24.1 Å². The fourth-order valence-corrected chi connectivity index (χ4v) is 1.66. The van der Waals surface area contributed by atoms with E-state index in [1.807, 2.05) is 20.9 Å². The van der Waals surface area contributed by atoms with Gasteiger partial charge in [-0.15, -0.1) is 0 Å². The van der Waals surface area contributed by atoms with Crippen LogP contribution in [0.4, 0.5) is 11.5 Å². The van der Waals surface area contributed by atoms with Gasteiger partial charge in [0, 0.05) is 13.6 Å². The number of nitrogen functional groups attached to an aromatic ring is 1. The summed E-state index contributed by atoms with van der Waals surface area (Å²) >= 11 is 0. The predicted molar refractivity (Wildman–Crippen MR) is 71.3 cm³/mol. The smallest absolute Gasteiger partial charge is 0.147 e. The summed E-state index contributed by atoms with van der Waals surface area (Å²) in [6.45, 7) is 9.62. The van der Waals surface area contributed by atoms with Gasteiger partial charge in [0.25, 0.3) is 0 Å². The first-order valence-electron chi connectivity index (χ1n) is 6.11. The third-order valence-corrected chi connectivity index (χ3v) is 2.50. The van der Waals surface area contributed by atoms with Crippen molar-refractivity contribution in [3.63, 3.8) is 0 Å². The van der Waals surface area contributed by atoms with Gasteiger partial charge < -0.3 is 15.8 Å². The highest BCUT2D eigenvalue weighted by molar-refractivity contribution is 5.65. The Morgan fingerprint density at radius 1 is 1.35 bits per heavy atom. The molecule has 0 saturated heterocycles. The average molecular weight is 240 g/mol. The van der Waals surface area contributed by atoms with Gasteiger partial charge in [-0.2, -0.15) is 5.10 Å². The van der Waals surface area contributed by atoms with Crippen LogP contribution in [0.15, 0.2) is 0 Å². The minimum Gasteiger partial charge on any atom is -0.394 e. The normalized spacial score (nSPS) is 11.5. The van der Waals surface area contributed by atoms with Crippen molar-refractivity contribution in [3.8, 4) is 0 Å². The number of hydrogen-bond acceptors (Lipinski definition) is 4. The zero-order valence-corrected chi connectivity index (χ0v) is 11.4. The summed E-state index contributed by atoms with van der Waals surface area (Å²) in [7, 11) is 1.90. The van der Waals surface area contributed by atoms with E-state index in [0.29, 0.717) is 12.5 Å². The second kappa shape index (κ2) is 5.91. The van der Waals surface area contributed by atoms with Crippen LogP contribution >= 0.6 is 0 Å². The summed E-state index contributed by atoms with van der Waals surface area (Å²) in [5, 5.41) is 7.67. The molecule has 0 aromatic carbocycles. The molecule has 98 valence electrons. The molecule has 0 atom stereocenters. The number of rotatable bonds is 6. The first-order valence-corrected chi connectivity index (χ1v) is 6.11. The second-order valence-corrected chi connectivity index (χ2v) is 4.77. The molecule has 0 radical (unpaired) electrons. The van der Waals surface area contributed by atoms with E-state index >= 15 is 0 Å². The SMILES string of the molecule is CC(C)OCCNc1c(N)c(C(C)C)nn1C. The van der Waals surface area contributed by atoms with E-state index in [4.69, 9.17) is 10.5 Å². The highest BCUT2D eigenvalue weighted by Gasteiger charge is 2.15. The molecule has 0 aliphatic heterocycles. The molecule has 0 spiro atoms. The molecule has 0 unspecified atom stereocenters. The number of anilines is 2. The first kappa shape index (κ1) is 13.8. The zero-order valence-electron chi connectivity index (χ0n) is 11.4. The first-order chi connectivity index (χ1) is 7.93. The Balaban J connectivity index is 2.59. The lowest BCUT2D eigenvalue weighted by molar-refractivity contribution is 0.0870. The van der Waals surface area contributed by atoms with Gasteiger partial charge in [0.1, 0.15) is 5.82 Å². The van der Waals surface area contributed by atoms with Crippen LogP contribution in [0, 0.1) is 0 Å². The molecule has 0 aliphatic carbocycles. The van der Waals surface area contributed by atoms with E-state index in [1.54, 1.807) is 4.68 Å². The van der Waals surface area contributed by atoms with Crippen molar-refractivity contribution < 1.29 is 4.74 Å². The molecule has 3 N–H and O–H groups in total. The summed E-state index contributed by atoms with van der Waals surface area (Å²) in [6, 6.07) is 0. The number of nitrogens with two attached hydrogens (primary N) is 1. The molecule has 17 heavy (non-hydrogen) atoms. The van der Waals surface area contributed by atoms with Crippen molar-refractivity contribution in [3.05, 3.63) is 5.69 Å². The predicted octanol–water partition coefficient (Wildman–Crippen LogP) is 1.96. The van der Waals surface area contributed by atoms with Crippen molar-refractivity contribution >= 4 is 11.5 Å². The maximum atomic E-state index is 6.06. The van der Waals surface area contributed by atoms with E-state index in [0.717, 1.165) is 23.7 Å². The standard InChI is InChI=1S/C12H24N4O/c1-8(2)11-10(13)12(16(5)15-11)14-6-7-17-9(3)4/h8-9,14H,6-7,13H2,1-5H3. The molecule has 0 bridgehead atoms. The largest absolute Gasteiger partial charge is 0.394 e. The minimum absolute atomic E-state index is 0.256. The van der Waals surface area contributed by atoms with E-state index in [1.165, 1.54) is 0 Å². The number of hydrogen-bond donors (Lipinski definition) is 2. The van der Waals surface area contributed by atoms with Crippen molar-refractivity contribution in [2.24, 2.45) is 7.05 Å². The van der Waals surface area contributed by atoms with E-state index in [2.05, 4.69) is 24.3 Å². The molecular weight excluding hydrogens is 216 g/mol. The number of aryl methyl sites for hydroxylation is 1. The zero-order chi connectivity index (χ0) is 13.0. The Bertz CT molecular complexity index is 358. The molecule has 5 nitrogen and oxygen atoms in total. The van der Waals surface area contributed by atoms with Gasteiger partial charge in [-0.1, -0.05) is 13.8 Å². The fourth-order valence-electron chi connectivity index (χ4n) is 1.66. The molecule has 1 heterocycles. The lowest BCUT2D eigenvalue weighted by Crippen LogP contribution is -2.15. The van der Waals surface area contributed by atoms with Crippen LogP contribution in [0.3, 0.4) is 0 Å². The Morgan fingerprint density at radius 3 is 2.47 bits per heavy atom. The van der Waals surface area contributed by atoms with Gasteiger partial charge in [-0.05, 0) is 19.8 Å². The van der Waals surface area contributed by atoms with Crippen LogP contribution in [-0.4, -0.2) is 29.0 Å². The van der Waals surface area contributed by atoms with Crippen LogP contribution in [0.2, 0.25) is 0 Å². The van der Waals surface area contributed by atoms with Gasteiger partial charge in [0.15, 0.2) is 0 Å². The van der Waals surface area contributed by atoms with Crippen molar-refractivity contribution in [2.45, 2.75) is 39.7 Å². The monoisotopic (exact) mass is 240 g/mol. The van der Waals surface area contributed by atoms with Crippen LogP contribution in [0.5, 0.6) is 0 Å². The molecule has 0 fully saturated rings. The molecule has 0 aliphatic rings. The summed E-state index contributed by atoms with van der Waals surface area (Å²) in [4.78, 5) is 0. The van der Waals surface area contributed by atoms with E-state index in [9.17, 15) is 0 Å². The van der Waals surface area contributed by atoms with Gasteiger partial charge >= 0.3 is 0 Å². The molecule has 0 amide bonds. The molecule has 0 saturated carbocycles. The fraction of sp³-hybridized carbons (Fsp3) is 0.750. The molecule has 1 aromatic rings. The second-order valence-electron chi connectivity index (χ2n) is 4.77. The van der Waals surface area contributed by atoms with E-state index in [-0.39, 0.29) is 6.10 Å². The van der Waals surface area contributed by atoms with Crippen LogP contribution in [0.25, 0.3) is 0 Å². The third-order valence-electron chi connectivity index (χ3n) is 2.50. The van der Waals surface area contributed by atoms with Gasteiger partial charge in [0.2, 0.25) is 0 Å². The summed E-state index contributed by atoms with van der Waals surface area (Å²) in [5.41, 5.74) is 7.75. The topological polar surface area (TPSA) is 65.1 Å². The molecule has 1 rings (SSSR count). The number of aromatic nitrogens is 2. The van der Waals surface area contributed by atoms with Crippen molar-refractivity contribution in [1.29, 1.82) is 0 Å².